The van der Waals surface area contributed by atoms with Gasteiger partial charge in [-0.15, -0.1) is 0 Å². The number of para-hydroxylation sites is 1. The van der Waals surface area contributed by atoms with Crippen LogP contribution < -0.4 is 10.7 Å². The molecule has 1 saturated heterocycles. The molecule has 2 aromatic rings. The average Bonchev–Trinajstić information content (AvgIpc) is 2.90. The van der Waals surface area contributed by atoms with Gasteiger partial charge in [-0.25, -0.2) is 0 Å². The van der Waals surface area contributed by atoms with E-state index in [9.17, 15) is 9.59 Å². The van der Waals surface area contributed by atoms with Gasteiger partial charge >= 0.3 is 0 Å². The number of aromatic nitrogens is 2. The molecule has 1 N–H and O–H groups in total. The fourth-order valence-electron chi connectivity index (χ4n) is 3.37. The molecule has 1 aromatic heterocycles. The van der Waals surface area contributed by atoms with E-state index in [1.165, 1.54) is 45.0 Å². The number of amides is 1. The van der Waals surface area contributed by atoms with Gasteiger partial charge in [-0.1, -0.05) is 25.0 Å². The summed E-state index contributed by atoms with van der Waals surface area (Å²) in [5.41, 5.74) is 0.569. The number of fused-ring (bicyclic) bond motifs is 1. The Kier molecular flexibility index (Phi) is 6.17. The molecule has 1 aliphatic rings. The highest BCUT2D eigenvalue weighted by atomic mass is 16.2. The molecule has 25 heavy (non-hydrogen) atoms. The van der Waals surface area contributed by atoms with Gasteiger partial charge in [-0.05, 0) is 51.0 Å². The lowest BCUT2D eigenvalue weighted by atomic mass is 10.2. The van der Waals surface area contributed by atoms with Crippen LogP contribution in [0.2, 0.25) is 0 Å². The van der Waals surface area contributed by atoms with Gasteiger partial charge in [-0.2, -0.15) is 5.10 Å². The van der Waals surface area contributed by atoms with E-state index in [0.29, 0.717) is 17.4 Å². The van der Waals surface area contributed by atoms with Gasteiger partial charge in [0.15, 0.2) is 0 Å². The van der Waals surface area contributed by atoms with Crippen molar-refractivity contribution >= 4 is 16.8 Å². The Morgan fingerprint density at radius 3 is 2.68 bits per heavy atom. The molecule has 0 bridgehead atoms. The molecule has 1 aliphatic heterocycles. The van der Waals surface area contributed by atoms with Crippen molar-refractivity contribution < 1.29 is 4.79 Å². The Bertz CT molecular complexity index is 763. The molecule has 3 rings (SSSR count). The third-order valence-corrected chi connectivity index (χ3v) is 4.73. The molecular weight excluding hydrogens is 316 g/mol. The molecule has 6 heteroatoms. The maximum atomic E-state index is 12.2. The fourth-order valence-corrected chi connectivity index (χ4v) is 3.37. The minimum atomic E-state index is -0.121. The summed E-state index contributed by atoms with van der Waals surface area (Å²) in [6.45, 7) is 4.21. The Morgan fingerprint density at radius 2 is 1.88 bits per heavy atom. The van der Waals surface area contributed by atoms with E-state index in [1.807, 2.05) is 18.2 Å². The van der Waals surface area contributed by atoms with Crippen LogP contribution in [0.15, 0.2) is 35.3 Å². The van der Waals surface area contributed by atoms with Gasteiger partial charge in [0, 0.05) is 11.9 Å². The Balaban J connectivity index is 1.48. The largest absolute Gasteiger partial charge is 0.354 e. The van der Waals surface area contributed by atoms with Crippen molar-refractivity contribution in [3.05, 3.63) is 40.7 Å². The number of rotatable bonds is 6. The summed E-state index contributed by atoms with van der Waals surface area (Å²) in [5, 5.41) is 7.64. The lowest BCUT2D eigenvalue weighted by Gasteiger charge is -2.19. The molecule has 0 saturated carbocycles. The van der Waals surface area contributed by atoms with E-state index in [-0.39, 0.29) is 17.9 Å². The Labute approximate surface area is 147 Å². The smallest absolute Gasteiger partial charge is 0.241 e. The molecule has 0 unspecified atom stereocenters. The van der Waals surface area contributed by atoms with E-state index >= 15 is 0 Å². The number of likely N-dealkylation sites (tertiary alicyclic amines) is 1. The summed E-state index contributed by atoms with van der Waals surface area (Å²) in [6.07, 6.45) is 7.50. The molecule has 0 radical (unpaired) electrons. The molecule has 1 fully saturated rings. The van der Waals surface area contributed by atoms with E-state index in [0.717, 1.165) is 13.0 Å². The number of nitrogens with one attached hydrogen (secondary N) is 1. The van der Waals surface area contributed by atoms with Crippen molar-refractivity contribution in [1.82, 2.24) is 20.0 Å². The van der Waals surface area contributed by atoms with Gasteiger partial charge in [0.1, 0.15) is 6.54 Å². The van der Waals surface area contributed by atoms with E-state index in [2.05, 4.69) is 15.3 Å². The molecular formula is C19H26N4O2. The first kappa shape index (κ1) is 17.6. The predicted molar refractivity (Wildman–Crippen MR) is 98.5 cm³/mol. The molecule has 0 aliphatic carbocycles. The highest BCUT2D eigenvalue weighted by Crippen LogP contribution is 2.10. The quantitative estimate of drug-likeness (QED) is 0.813. The van der Waals surface area contributed by atoms with Gasteiger partial charge < -0.3 is 10.2 Å². The SMILES string of the molecule is O=C(Cn1ncc(=O)c2ccccc21)NCCCN1CCCCCC1. The van der Waals surface area contributed by atoms with Crippen LogP contribution in [0.5, 0.6) is 0 Å². The normalized spacial score (nSPS) is 15.8. The summed E-state index contributed by atoms with van der Waals surface area (Å²) < 4.78 is 1.58. The third kappa shape index (κ3) is 4.89. The predicted octanol–water partition coefficient (Wildman–Crippen LogP) is 1.78. The van der Waals surface area contributed by atoms with Crippen LogP contribution in [-0.2, 0) is 11.3 Å². The maximum absolute atomic E-state index is 12.2. The van der Waals surface area contributed by atoms with Crippen molar-refractivity contribution in [3.8, 4) is 0 Å². The zero-order valence-corrected chi connectivity index (χ0v) is 14.6. The Hall–Kier alpha value is -2.21. The number of nitrogens with zero attached hydrogens (tertiary/aromatic N) is 3. The van der Waals surface area contributed by atoms with E-state index in [1.54, 1.807) is 10.7 Å². The minimum Gasteiger partial charge on any atom is -0.354 e. The zero-order chi connectivity index (χ0) is 17.5. The van der Waals surface area contributed by atoms with Gasteiger partial charge in [-0.3, -0.25) is 14.3 Å². The number of carbonyl (C=O) groups excluding carboxylic acids is 1. The fraction of sp³-hybridized carbons (Fsp3) is 0.526. The van der Waals surface area contributed by atoms with Crippen LogP contribution in [0, 0.1) is 0 Å². The topological polar surface area (TPSA) is 67.2 Å². The molecule has 0 spiro atoms. The van der Waals surface area contributed by atoms with Gasteiger partial charge in [0.25, 0.3) is 0 Å². The highest BCUT2D eigenvalue weighted by Gasteiger charge is 2.10. The Morgan fingerprint density at radius 1 is 1.12 bits per heavy atom. The molecule has 1 aromatic carbocycles. The standard InChI is InChI=1S/C19H26N4O2/c24-18-14-21-23(17-9-4-3-8-16(17)18)15-19(25)20-10-7-13-22-11-5-1-2-6-12-22/h3-4,8-9,14H,1-2,5-7,10-13,15H2,(H,20,25). The molecule has 134 valence electrons. The van der Waals surface area contributed by atoms with Crippen molar-refractivity contribution in [2.45, 2.75) is 38.6 Å². The molecule has 6 nitrogen and oxygen atoms in total. The highest BCUT2D eigenvalue weighted by molar-refractivity contribution is 5.81. The van der Waals surface area contributed by atoms with Crippen molar-refractivity contribution in [3.63, 3.8) is 0 Å². The first-order chi connectivity index (χ1) is 12.2. The van der Waals surface area contributed by atoms with Crippen molar-refractivity contribution in [2.24, 2.45) is 0 Å². The van der Waals surface area contributed by atoms with Crippen molar-refractivity contribution in [1.29, 1.82) is 0 Å². The third-order valence-electron chi connectivity index (χ3n) is 4.73. The van der Waals surface area contributed by atoms with Crippen LogP contribution in [0.3, 0.4) is 0 Å². The second-order valence-electron chi connectivity index (χ2n) is 6.64. The molecule has 1 amide bonds. The molecule has 2 heterocycles. The lowest BCUT2D eigenvalue weighted by Crippen LogP contribution is -2.33. The first-order valence-electron chi connectivity index (χ1n) is 9.18. The number of benzene rings is 1. The van der Waals surface area contributed by atoms with Gasteiger partial charge in [0.05, 0.1) is 11.7 Å². The molecule has 0 atom stereocenters. The number of hydrogen-bond donors (Lipinski definition) is 1. The van der Waals surface area contributed by atoms with Crippen molar-refractivity contribution in [2.75, 3.05) is 26.2 Å². The van der Waals surface area contributed by atoms with Crippen LogP contribution in [0.25, 0.3) is 10.9 Å². The summed E-state index contributed by atoms with van der Waals surface area (Å²) in [5.74, 6) is -0.0721. The number of carbonyl (C=O) groups is 1. The van der Waals surface area contributed by atoms with Crippen LogP contribution in [-0.4, -0.2) is 46.8 Å². The second kappa shape index (κ2) is 8.76. The maximum Gasteiger partial charge on any atom is 0.241 e. The monoisotopic (exact) mass is 342 g/mol. The minimum absolute atomic E-state index is 0.0721. The van der Waals surface area contributed by atoms with Crippen LogP contribution in [0.1, 0.15) is 32.1 Å². The number of hydrogen-bond acceptors (Lipinski definition) is 4. The van der Waals surface area contributed by atoms with E-state index in [4.69, 9.17) is 0 Å². The average molecular weight is 342 g/mol. The zero-order valence-electron chi connectivity index (χ0n) is 14.6. The second-order valence-corrected chi connectivity index (χ2v) is 6.64. The summed E-state index contributed by atoms with van der Waals surface area (Å²) >= 11 is 0. The summed E-state index contributed by atoms with van der Waals surface area (Å²) in [4.78, 5) is 26.5. The summed E-state index contributed by atoms with van der Waals surface area (Å²) in [7, 11) is 0. The van der Waals surface area contributed by atoms with Gasteiger partial charge in [0.2, 0.25) is 11.3 Å². The lowest BCUT2D eigenvalue weighted by molar-refractivity contribution is -0.121. The van der Waals surface area contributed by atoms with Crippen LogP contribution >= 0.6 is 0 Å². The van der Waals surface area contributed by atoms with E-state index < -0.39 is 0 Å². The van der Waals surface area contributed by atoms with Crippen LogP contribution in [0.4, 0.5) is 0 Å². The first-order valence-corrected chi connectivity index (χ1v) is 9.18. The summed E-state index contributed by atoms with van der Waals surface area (Å²) in [6, 6.07) is 7.24.